The second-order valence-corrected chi connectivity index (χ2v) is 8.26. The highest BCUT2D eigenvalue weighted by Gasteiger charge is 2.40. The number of anilines is 1. The molecule has 0 spiro atoms. The maximum absolute atomic E-state index is 12.6. The number of ether oxygens (including phenoxy) is 1. The number of fused-ring (bicyclic) bond motifs is 1. The molecule has 5 unspecified atom stereocenters. The van der Waals surface area contributed by atoms with E-state index < -0.39 is 0 Å². The zero-order valence-electron chi connectivity index (χ0n) is 16.6. The molecule has 28 heavy (non-hydrogen) atoms. The quantitative estimate of drug-likeness (QED) is 0.821. The Hall–Kier alpha value is -2.64. The molecule has 0 bridgehead atoms. The lowest BCUT2D eigenvalue weighted by Crippen LogP contribution is -2.54. The van der Waals surface area contributed by atoms with Crippen LogP contribution in [-0.4, -0.2) is 45.8 Å². The summed E-state index contributed by atoms with van der Waals surface area (Å²) in [7, 11) is 1.62. The van der Waals surface area contributed by atoms with E-state index in [9.17, 15) is 4.79 Å². The van der Waals surface area contributed by atoms with Crippen molar-refractivity contribution in [3.63, 3.8) is 0 Å². The second-order valence-electron chi connectivity index (χ2n) is 8.26. The highest BCUT2D eigenvalue weighted by atomic mass is 16.5. The number of carbonyl (C=O) groups excluding carboxylic acids is 1. The number of nitrogens with one attached hydrogen (secondary N) is 2. The van der Waals surface area contributed by atoms with E-state index in [1.807, 2.05) is 18.2 Å². The molecule has 1 saturated carbocycles. The Morgan fingerprint density at radius 1 is 1.25 bits per heavy atom. The minimum absolute atomic E-state index is 0.00737. The minimum atomic E-state index is -0.00737. The fourth-order valence-electron chi connectivity index (χ4n) is 4.58. The molecule has 1 amide bonds. The van der Waals surface area contributed by atoms with Crippen LogP contribution in [0.4, 0.5) is 5.69 Å². The lowest BCUT2D eigenvalue weighted by Gasteiger charge is -2.44. The average Bonchev–Trinajstić information content (AvgIpc) is 3.22. The maximum atomic E-state index is 12.6. The Balaban J connectivity index is 1.41. The topological polar surface area (TPSA) is 94.0 Å². The van der Waals surface area contributed by atoms with Crippen LogP contribution in [0.25, 0.3) is 5.69 Å². The van der Waals surface area contributed by atoms with Crippen molar-refractivity contribution in [3.05, 3.63) is 24.5 Å². The van der Waals surface area contributed by atoms with E-state index in [0.717, 1.165) is 30.1 Å². The van der Waals surface area contributed by atoms with Gasteiger partial charge in [0.2, 0.25) is 5.91 Å². The van der Waals surface area contributed by atoms with Gasteiger partial charge in [0.15, 0.2) is 0 Å². The third-order valence-corrected chi connectivity index (χ3v) is 6.45. The van der Waals surface area contributed by atoms with Gasteiger partial charge in [-0.2, -0.15) is 4.68 Å². The molecular formula is C20H28N6O2. The van der Waals surface area contributed by atoms with Crippen LogP contribution in [0.5, 0.6) is 5.75 Å². The monoisotopic (exact) mass is 384 g/mol. The largest absolute Gasteiger partial charge is 0.494 e. The van der Waals surface area contributed by atoms with Crippen molar-refractivity contribution in [3.8, 4) is 11.4 Å². The number of amides is 1. The maximum Gasteiger partial charge on any atom is 0.225 e. The van der Waals surface area contributed by atoms with Crippen LogP contribution in [0.3, 0.4) is 0 Å². The molecule has 2 aromatic rings. The number of tetrazole rings is 1. The van der Waals surface area contributed by atoms with Gasteiger partial charge in [0, 0.05) is 24.3 Å². The van der Waals surface area contributed by atoms with Crippen molar-refractivity contribution >= 4 is 11.6 Å². The first kappa shape index (κ1) is 18.7. The number of rotatable bonds is 5. The number of carbonyl (C=O) groups is 1. The highest BCUT2D eigenvalue weighted by Crippen LogP contribution is 2.39. The van der Waals surface area contributed by atoms with Gasteiger partial charge in [0.25, 0.3) is 0 Å². The summed E-state index contributed by atoms with van der Waals surface area (Å²) in [5.41, 5.74) is 1.68. The van der Waals surface area contributed by atoms with Gasteiger partial charge in [-0.05, 0) is 59.6 Å². The fourth-order valence-corrected chi connectivity index (χ4v) is 4.58. The van der Waals surface area contributed by atoms with Gasteiger partial charge in [-0.25, -0.2) is 0 Å². The number of piperidine rings is 1. The molecule has 2 heterocycles. The summed E-state index contributed by atoms with van der Waals surface area (Å²) >= 11 is 0. The van der Waals surface area contributed by atoms with Crippen LogP contribution in [0.1, 0.15) is 33.1 Å². The number of hydrogen-bond acceptors (Lipinski definition) is 6. The SMILES string of the molecule is COc1cc(NCC2CC3CC(C)C(C)CC3NC2=O)ccc1-n1cnnn1. The molecule has 2 N–H and O–H groups in total. The molecule has 1 aliphatic carbocycles. The standard InChI is InChI=1S/C20H28N6O2/c1-12-6-14-8-15(20(27)23-17(14)7-13(12)2)10-21-16-4-5-18(19(9-16)28-3)26-11-22-24-25-26/h4-5,9,11-15,17,21H,6-8,10H2,1-3H3,(H,23,27). The molecule has 4 rings (SSSR count). The van der Waals surface area contributed by atoms with Crippen molar-refractivity contribution in [2.24, 2.45) is 23.7 Å². The van der Waals surface area contributed by atoms with Crippen molar-refractivity contribution in [2.75, 3.05) is 19.0 Å². The van der Waals surface area contributed by atoms with Crippen molar-refractivity contribution in [1.82, 2.24) is 25.5 Å². The van der Waals surface area contributed by atoms with Gasteiger partial charge >= 0.3 is 0 Å². The first-order valence-electron chi connectivity index (χ1n) is 10.0. The molecule has 1 aliphatic heterocycles. The number of methoxy groups -OCH3 is 1. The van der Waals surface area contributed by atoms with Crippen molar-refractivity contribution < 1.29 is 9.53 Å². The van der Waals surface area contributed by atoms with E-state index in [4.69, 9.17) is 4.74 Å². The highest BCUT2D eigenvalue weighted by molar-refractivity contribution is 5.80. The summed E-state index contributed by atoms with van der Waals surface area (Å²) in [5, 5.41) is 17.9. The van der Waals surface area contributed by atoms with Crippen LogP contribution in [0, 0.1) is 23.7 Å². The third kappa shape index (κ3) is 3.68. The molecule has 1 aromatic carbocycles. The first-order chi connectivity index (χ1) is 13.5. The summed E-state index contributed by atoms with van der Waals surface area (Å²) in [6, 6.07) is 6.11. The van der Waals surface area contributed by atoms with Crippen LogP contribution < -0.4 is 15.4 Å². The lowest BCUT2D eigenvalue weighted by atomic mass is 9.68. The normalized spacial score (nSPS) is 29.7. The van der Waals surface area contributed by atoms with Crippen LogP contribution in [0.15, 0.2) is 24.5 Å². The van der Waals surface area contributed by atoms with Gasteiger partial charge in [0.05, 0.1) is 13.0 Å². The average molecular weight is 384 g/mol. The summed E-state index contributed by atoms with van der Waals surface area (Å²) in [6.45, 7) is 5.25. The Kier molecular flexibility index (Phi) is 5.19. The minimum Gasteiger partial charge on any atom is -0.494 e. The Labute approximate surface area is 165 Å². The Morgan fingerprint density at radius 3 is 2.82 bits per heavy atom. The molecule has 8 heteroatoms. The second kappa shape index (κ2) is 7.77. The van der Waals surface area contributed by atoms with Crippen molar-refractivity contribution in [2.45, 2.75) is 39.2 Å². The van der Waals surface area contributed by atoms with Crippen LogP contribution in [0.2, 0.25) is 0 Å². The van der Waals surface area contributed by atoms with E-state index in [2.05, 4.69) is 40.0 Å². The van der Waals surface area contributed by atoms with Gasteiger partial charge in [-0.1, -0.05) is 13.8 Å². The van der Waals surface area contributed by atoms with Gasteiger partial charge < -0.3 is 15.4 Å². The molecular weight excluding hydrogens is 356 g/mol. The zero-order valence-corrected chi connectivity index (χ0v) is 16.6. The van der Waals surface area contributed by atoms with Gasteiger partial charge in [-0.3, -0.25) is 4.79 Å². The van der Waals surface area contributed by atoms with Crippen LogP contribution in [-0.2, 0) is 4.79 Å². The Bertz CT molecular complexity index is 824. The van der Waals surface area contributed by atoms with E-state index in [-0.39, 0.29) is 11.8 Å². The smallest absolute Gasteiger partial charge is 0.225 e. The predicted molar refractivity (Wildman–Crippen MR) is 105 cm³/mol. The summed E-state index contributed by atoms with van der Waals surface area (Å²) in [4.78, 5) is 12.6. The summed E-state index contributed by atoms with van der Waals surface area (Å²) < 4.78 is 7.04. The molecule has 1 aromatic heterocycles. The molecule has 1 saturated heterocycles. The predicted octanol–water partition coefficient (Wildman–Crippen LogP) is 2.27. The van der Waals surface area contributed by atoms with E-state index in [1.165, 1.54) is 12.7 Å². The van der Waals surface area contributed by atoms with Crippen LogP contribution >= 0.6 is 0 Å². The van der Waals surface area contributed by atoms with Gasteiger partial charge in [0.1, 0.15) is 17.8 Å². The lowest BCUT2D eigenvalue weighted by molar-refractivity contribution is -0.130. The summed E-state index contributed by atoms with van der Waals surface area (Å²) in [5.74, 6) is 2.84. The molecule has 150 valence electrons. The molecule has 2 fully saturated rings. The van der Waals surface area contributed by atoms with E-state index in [0.29, 0.717) is 30.2 Å². The number of aromatic nitrogens is 4. The molecule has 2 aliphatic rings. The summed E-state index contributed by atoms with van der Waals surface area (Å²) in [6.07, 6.45) is 4.80. The number of hydrogen-bond donors (Lipinski definition) is 2. The fraction of sp³-hybridized carbons (Fsp3) is 0.600. The molecule has 8 nitrogen and oxygen atoms in total. The number of benzene rings is 1. The molecule has 5 atom stereocenters. The Morgan fingerprint density at radius 2 is 2.07 bits per heavy atom. The zero-order chi connectivity index (χ0) is 19.7. The number of nitrogens with zero attached hydrogens (tertiary/aromatic N) is 4. The molecule has 0 radical (unpaired) electrons. The first-order valence-corrected chi connectivity index (χ1v) is 10.0. The third-order valence-electron chi connectivity index (χ3n) is 6.45. The van der Waals surface area contributed by atoms with Gasteiger partial charge in [-0.15, -0.1) is 5.10 Å². The van der Waals surface area contributed by atoms with Crippen molar-refractivity contribution in [1.29, 1.82) is 0 Å². The van der Waals surface area contributed by atoms with E-state index >= 15 is 0 Å². The van der Waals surface area contributed by atoms with E-state index in [1.54, 1.807) is 11.8 Å².